The van der Waals surface area contributed by atoms with Crippen molar-refractivity contribution >= 4 is 29.3 Å². The molecule has 12 nitrogen and oxygen atoms in total. The van der Waals surface area contributed by atoms with E-state index in [-0.39, 0.29) is 40.9 Å². The van der Waals surface area contributed by atoms with E-state index >= 15 is 4.79 Å². The van der Waals surface area contributed by atoms with Gasteiger partial charge in [-0.3, -0.25) is 14.4 Å². The monoisotopic (exact) mass is 694 g/mol. The molecule has 1 spiro atoms. The smallest absolute Gasteiger partial charge is 0.330 e. The van der Waals surface area contributed by atoms with Crippen LogP contribution in [0.15, 0.2) is 46.3 Å². The zero-order valence-electron chi connectivity index (χ0n) is 28.9. The number of carbonyl (C=O) groups is 5. The first-order chi connectivity index (χ1) is 23.8. The van der Waals surface area contributed by atoms with Crippen LogP contribution in [0.2, 0.25) is 0 Å². The second-order valence-corrected chi connectivity index (χ2v) is 15.1. The summed E-state index contributed by atoms with van der Waals surface area (Å²) in [4.78, 5) is 67.8. The fraction of sp³-hybridized carbons (Fsp3) is 0.658. The molecule has 1 saturated carbocycles. The van der Waals surface area contributed by atoms with E-state index in [0.717, 1.165) is 38.5 Å². The van der Waals surface area contributed by atoms with E-state index in [1.807, 2.05) is 0 Å². The maximum absolute atomic E-state index is 15.4. The number of ether oxygens (including phenoxy) is 4. The van der Waals surface area contributed by atoms with Gasteiger partial charge in [0.15, 0.2) is 34.7 Å². The average Bonchev–Trinajstić information content (AvgIpc) is 4.02. The Kier molecular flexibility index (Phi) is 8.64. The molecule has 1 unspecified atom stereocenters. The molecule has 3 saturated heterocycles. The summed E-state index contributed by atoms with van der Waals surface area (Å²) in [5.74, 6) is -4.93. The van der Waals surface area contributed by atoms with E-state index < -0.39 is 88.6 Å². The van der Waals surface area contributed by atoms with Crippen LogP contribution in [0.3, 0.4) is 0 Å². The molecule has 4 fully saturated rings. The summed E-state index contributed by atoms with van der Waals surface area (Å²) in [7, 11) is 0. The number of aliphatic hydroxyl groups is 1. The van der Waals surface area contributed by atoms with Crippen LogP contribution in [0.5, 0.6) is 0 Å². The summed E-state index contributed by atoms with van der Waals surface area (Å²) in [5, 5.41) is 31.1. The topological polar surface area (TPSA) is 190 Å². The van der Waals surface area contributed by atoms with Crippen LogP contribution in [0.4, 0.5) is 0 Å². The number of ketones is 3. The summed E-state index contributed by atoms with van der Waals surface area (Å²) in [6.45, 7) is 7.01. The van der Waals surface area contributed by atoms with Crippen molar-refractivity contribution in [3.05, 3.63) is 46.3 Å². The number of carboxylic acids is 2. The fourth-order valence-electron chi connectivity index (χ4n) is 9.67. The van der Waals surface area contributed by atoms with Gasteiger partial charge in [0.25, 0.3) is 0 Å². The number of carbonyl (C=O) groups excluding carboxylic acids is 3. The summed E-state index contributed by atoms with van der Waals surface area (Å²) in [6.07, 6.45) is 4.73. The van der Waals surface area contributed by atoms with Gasteiger partial charge in [-0.15, -0.1) is 0 Å². The number of aliphatic hydroxyl groups excluding tert-OH is 1. The summed E-state index contributed by atoms with van der Waals surface area (Å²) in [5.41, 5.74) is -3.95. The van der Waals surface area contributed by atoms with Crippen LogP contribution in [0, 0.1) is 17.3 Å². The van der Waals surface area contributed by atoms with Crippen molar-refractivity contribution in [1.82, 2.24) is 0 Å². The van der Waals surface area contributed by atoms with Gasteiger partial charge in [-0.05, 0) is 38.7 Å². The van der Waals surface area contributed by atoms with Gasteiger partial charge in [-0.25, -0.2) is 9.59 Å². The van der Waals surface area contributed by atoms with Gasteiger partial charge in [0.05, 0.1) is 18.5 Å². The van der Waals surface area contributed by atoms with Crippen LogP contribution < -0.4 is 0 Å². The van der Waals surface area contributed by atoms with E-state index in [0.29, 0.717) is 18.4 Å². The lowest BCUT2D eigenvalue weighted by Gasteiger charge is -2.64. The van der Waals surface area contributed by atoms with E-state index in [9.17, 15) is 34.5 Å². The standard InChI is InChI=1S/C38H46O12/c1-5-7-9-11-21-23-24-25(28(40)32-36(49-32,29(24)41)15-13-18(3)33(42)43)30(48-21)38-20(17-47-22(26(23)38)12-10-8-6-2)27(39)31-37(50-31,35(38)46)16-14-19(4)34(44)45/h13-14,17,21-23,26,28,30-32,40H,5-12,15-16H2,1-4H3,(H,42,43)(H,44,45)/b18-13+,19-14+/t21-,22-,23+,26+,28+,30-,31+,32+,36-,37+,38?/m1/s1. The van der Waals surface area contributed by atoms with Gasteiger partial charge < -0.3 is 34.3 Å². The number of hydrogen-bond acceptors (Lipinski definition) is 10. The number of rotatable bonds is 14. The number of aliphatic carboxylic acids is 2. The fourth-order valence-corrected chi connectivity index (χ4v) is 9.67. The number of fused-ring (bicyclic) bond motifs is 3. The van der Waals surface area contributed by atoms with E-state index in [4.69, 9.17) is 18.9 Å². The molecular weight excluding hydrogens is 648 g/mol. The van der Waals surface area contributed by atoms with Crippen LogP contribution in [0.25, 0.3) is 0 Å². The maximum atomic E-state index is 15.4. The Labute approximate surface area is 290 Å². The first-order valence-corrected chi connectivity index (χ1v) is 18.1. The molecule has 5 aliphatic heterocycles. The van der Waals surface area contributed by atoms with E-state index in [1.165, 1.54) is 32.3 Å². The van der Waals surface area contributed by atoms with E-state index in [2.05, 4.69) is 13.8 Å². The molecule has 270 valence electrons. The first kappa shape index (κ1) is 35.0. The highest BCUT2D eigenvalue weighted by Gasteiger charge is 2.84. The zero-order valence-corrected chi connectivity index (χ0v) is 28.9. The summed E-state index contributed by atoms with van der Waals surface area (Å²) < 4.78 is 25.3. The van der Waals surface area contributed by atoms with Crippen molar-refractivity contribution < 1.29 is 58.2 Å². The lowest BCUT2D eigenvalue weighted by molar-refractivity contribution is -0.216. The number of hydrogen-bond donors (Lipinski definition) is 3. The Morgan fingerprint density at radius 3 is 2.04 bits per heavy atom. The molecule has 2 bridgehead atoms. The second kappa shape index (κ2) is 12.4. The zero-order chi connectivity index (χ0) is 35.9. The Morgan fingerprint density at radius 2 is 1.44 bits per heavy atom. The highest BCUT2D eigenvalue weighted by Crippen LogP contribution is 2.71. The van der Waals surface area contributed by atoms with Crippen molar-refractivity contribution in [2.45, 2.75) is 140 Å². The predicted octanol–water partition coefficient (Wildman–Crippen LogP) is 3.94. The molecule has 11 atom stereocenters. The van der Waals surface area contributed by atoms with Gasteiger partial charge in [-0.2, -0.15) is 0 Å². The molecule has 50 heavy (non-hydrogen) atoms. The van der Waals surface area contributed by atoms with Crippen molar-refractivity contribution in [1.29, 1.82) is 0 Å². The normalized spacial score (nSPS) is 41.0. The van der Waals surface area contributed by atoms with Crippen LogP contribution >= 0.6 is 0 Å². The van der Waals surface area contributed by atoms with Crippen LogP contribution in [-0.2, 0) is 42.9 Å². The molecule has 12 heteroatoms. The Bertz CT molecular complexity index is 1670. The predicted molar refractivity (Wildman–Crippen MR) is 175 cm³/mol. The molecule has 5 heterocycles. The quantitative estimate of drug-likeness (QED) is 0.135. The molecule has 8 aliphatic rings. The second-order valence-electron chi connectivity index (χ2n) is 15.1. The minimum Gasteiger partial charge on any atom is -0.497 e. The Hall–Kier alpha value is -3.45. The van der Waals surface area contributed by atoms with Crippen molar-refractivity contribution in [2.24, 2.45) is 17.3 Å². The molecule has 3 N–H and O–H groups in total. The number of carboxylic acid groups (broad SMARTS) is 2. The van der Waals surface area contributed by atoms with Gasteiger partial charge in [0.2, 0.25) is 0 Å². The first-order valence-electron chi connectivity index (χ1n) is 18.1. The minimum absolute atomic E-state index is 0.0128. The SMILES string of the molecule is CCCCC[C@H]1O[C@@H]2C3=C(C(=O)[C@@]4(C/C=C(\C)C(=O)O)O[C@H]4[C@H]3O)[C@H]1[C@@H]1[C@@H](CCCCC)OC=C3C(=O)[C@@H]4O[C@]4(C/C=C(\C)C(=O)O)C(=O)C312. The van der Waals surface area contributed by atoms with Crippen molar-refractivity contribution in [3.8, 4) is 0 Å². The molecule has 0 aromatic carbocycles. The summed E-state index contributed by atoms with van der Waals surface area (Å²) in [6, 6.07) is 0. The molecule has 0 amide bonds. The lowest BCUT2D eigenvalue weighted by Crippen LogP contribution is -2.74. The number of epoxide rings is 2. The van der Waals surface area contributed by atoms with Crippen LogP contribution in [0.1, 0.15) is 91.9 Å². The molecule has 8 rings (SSSR count). The Balaban J connectivity index is 1.40. The third-order valence-corrected chi connectivity index (χ3v) is 12.4. The molecular formula is C38H46O12. The molecule has 3 aliphatic carbocycles. The van der Waals surface area contributed by atoms with Gasteiger partial charge in [0, 0.05) is 47.0 Å². The Morgan fingerprint density at radius 1 is 0.840 bits per heavy atom. The molecule has 0 aromatic heterocycles. The maximum Gasteiger partial charge on any atom is 0.330 e. The third kappa shape index (κ3) is 4.74. The lowest BCUT2D eigenvalue weighted by atomic mass is 9.43. The highest BCUT2D eigenvalue weighted by atomic mass is 16.6. The van der Waals surface area contributed by atoms with Crippen molar-refractivity contribution in [2.75, 3.05) is 0 Å². The van der Waals surface area contributed by atoms with Gasteiger partial charge in [-0.1, -0.05) is 58.1 Å². The van der Waals surface area contributed by atoms with E-state index in [1.54, 1.807) is 0 Å². The molecule has 0 aromatic rings. The number of Topliss-reactive ketones (excluding diaryl/α,β-unsaturated/α-hetero) is 3. The molecule has 0 radical (unpaired) electrons. The van der Waals surface area contributed by atoms with Crippen LogP contribution in [-0.4, -0.2) is 92.4 Å². The minimum atomic E-state index is -1.65. The number of unbranched alkanes of at least 4 members (excludes halogenated alkanes) is 4. The van der Waals surface area contributed by atoms with Crippen molar-refractivity contribution in [3.63, 3.8) is 0 Å². The largest absolute Gasteiger partial charge is 0.497 e. The third-order valence-electron chi connectivity index (χ3n) is 12.4. The average molecular weight is 695 g/mol. The summed E-state index contributed by atoms with van der Waals surface area (Å²) >= 11 is 0. The van der Waals surface area contributed by atoms with Gasteiger partial charge >= 0.3 is 11.9 Å². The van der Waals surface area contributed by atoms with Gasteiger partial charge in [0.1, 0.15) is 23.7 Å². The highest BCUT2D eigenvalue weighted by molar-refractivity contribution is 6.20.